The predicted molar refractivity (Wildman–Crippen MR) is 87.8 cm³/mol. The fourth-order valence-electron chi connectivity index (χ4n) is 2.06. The molecule has 1 aromatic carbocycles. The Kier molecular flexibility index (Phi) is 4.11. The molecule has 0 fully saturated rings. The van der Waals surface area contributed by atoms with E-state index < -0.39 is 0 Å². The lowest BCUT2D eigenvalue weighted by atomic mass is 10.1. The van der Waals surface area contributed by atoms with Gasteiger partial charge in [0.1, 0.15) is 11.4 Å². The molecule has 0 saturated heterocycles. The molecule has 5 nitrogen and oxygen atoms in total. The van der Waals surface area contributed by atoms with Crippen LogP contribution in [0.2, 0.25) is 0 Å². The van der Waals surface area contributed by atoms with E-state index in [1.54, 1.807) is 18.3 Å². The largest absolute Gasteiger partial charge is 0.356 e. The lowest BCUT2D eigenvalue weighted by molar-refractivity contribution is 0.101. The average molecular weight is 360 g/mol. The average Bonchev–Trinajstić information content (AvgIpc) is 3.16. The fraction of sp³-hybridized carbons (Fsp3) is 0.125. The first-order chi connectivity index (χ1) is 10.7. The molecule has 2 heterocycles. The molecule has 0 bridgehead atoms. The first kappa shape index (κ1) is 14.6. The van der Waals surface area contributed by atoms with Gasteiger partial charge in [0.25, 0.3) is 5.91 Å². The zero-order valence-electron chi connectivity index (χ0n) is 11.9. The zero-order valence-corrected chi connectivity index (χ0v) is 13.5. The Labute approximate surface area is 135 Å². The summed E-state index contributed by atoms with van der Waals surface area (Å²) in [6, 6.07) is 11.5. The Hall–Kier alpha value is -2.34. The standard InChI is InChI=1S/C16H14BrN3O2/c1-2-10-3-5-11(6-4-10)13-8-15(22-20-13)19-16(21)14-7-12(17)9-18-14/h3-9,18H,2H2,1H3,(H,19,21). The van der Waals surface area contributed by atoms with Crippen molar-refractivity contribution in [1.29, 1.82) is 0 Å². The Morgan fingerprint density at radius 1 is 1.32 bits per heavy atom. The van der Waals surface area contributed by atoms with E-state index in [1.165, 1.54) is 5.56 Å². The number of amides is 1. The maximum absolute atomic E-state index is 12.0. The van der Waals surface area contributed by atoms with Gasteiger partial charge in [-0.3, -0.25) is 10.1 Å². The molecular weight excluding hydrogens is 346 g/mol. The van der Waals surface area contributed by atoms with E-state index in [4.69, 9.17) is 4.52 Å². The van der Waals surface area contributed by atoms with Gasteiger partial charge in [0.2, 0.25) is 5.88 Å². The van der Waals surface area contributed by atoms with Crippen LogP contribution in [0, 0.1) is 0 Å². The molecule has 0 atom stereocenters. The third-order valence-electron chi connectivity index (χ3n) is 3.30. The highest BCUT2D eigenvalue weighted by Gasteiger charge is 2.12. The van der Waals surface area contributed by atoms with Gasteiger partial charge in [-0.2, -0.15) is 0 Å². The molecular formula is C16H14BrN3O2. The molecule has 22 heavy (non-hydrogen) atoms. The Morgan fingerprint density at radius 3 is 2.73 bits per heavy atom. The third kappa shape index (κ3) is 3.12. The lowest BCUT2D eigenvalue weighted by Crippen LogP contribution is -2.11. The van der Waals surface area contributed by atoms with Gasteiger partial charge in [-0.1, -0.05) is 36.3 Å². The van der Waals surface area contributed by atoms with Gasteiger partial charge in [-0.05, 0) is 34.0 Å². The number of aromatic nitrogens is 2. The molecule has 1 amide bonds. The highest BCUT2D eigenvalue weighted by atomic mass is 79.9. The van der Waals surface area contributed by atoms with Crippen molar-refractivity contribution in [2.45, 2.75) is 13.3 Å². The number of hydrogen-bond acceptors (Lipinski definition) is 3. The first-order valence-corrected chi connectivity index (χ1v) is 7.66. The van der Waals surface area contributed by atoms with Gasteiger partial charge < -0.3 is 9.51 Å². The number of nitrogens with one attached hydrogen (secondary N) is 2. The van der Waals surface area contributed by atoms with E-state index in [9.17, 15) is 4.79 Å². The van der Waals surface area contributed by atoms with Gasteiger partial charge in [-0.25, -0.2) is 0 Å². The molecule has 0 radical (unpaired) electrons. The number of aromatic amines is 1. The minimum absolute atomic E-state index is 0.283. The number of nitrogens with zero attached hydrogens (tertiary/aromatic N) is 1. The molecule has 3 aromatic rings. The predicted octanol–water partition coefficient (Wildman–Crippen LogP) is 4.25. The zero-order chi connectivity index (χ0) is 15.5. The summed E-state index contributed by atoms with van der Waals surface area (Å²) in [5.74, 6) is 0.0278. The number of H-pyrrole nitrogens is 1. The summed E-state index contributed by atoms with van der Waals surface area (Å²) in [5.41, 5.74) is 3.34. The molecule has 6 heteroatoms. The Balaban J connectivity index is 1.74. The third-order valence-corrected chi connectivity index (χ3v) is 3.76. The van der Waals surface area contributed by atoms with Crippen LogP contribution in [0.3, 0.4) is 0 Å². The summed E-state index contributed by atoms with van der Waals surface area (Å²) in [6.07, 6.45) is 2.68. The van der Waals surface area contributed by atoms with Crippen LogP contribution < -0.4 is 5.32 Å². The summed E-state index contributed by atoms with van der Waals surface area (Å²) in [6.45, 7) is 2.11. The number of carbonyl (C=O) groups is 1. The summed E-state index contributed by atoms with van der Waals surface area (Å²) < 4.78 is 5.98. The van der Waals surface area contributed by atoms with Crippen molar-refractivity contribution >= 4 is 27.7 Å². The quantitative estimate of drug-likeness (QED) is 0.731. The van der Waals surface area contributed by atoms with Crippen LogP contribution in [0.25, 0.3) is 11.3 Å². The van der Waals surface area contributed by atoms with Crippen LogP contribution in [0.4, 0.5) is 5.88 Å². The Bertz CT molecular complexity index is 790. The minimum atomic E-state index is -0.283. The van der Waals surface area contributed by atoms with Gasteiger partial charge >= 0.3 is 0 Å². The second kappa shape index (κ2) is 6.19. The van der Waals surface area contributed by atoms with Crippen LogP contribution in [-0.2, 0) is 6.42 Å². The van der Waals surface area contributed by atoms with E-state index >= 15 is 0 Å². The highest BCUT2D eigenvalue weighted by molar-refractivity contribution is 9.10. The van der Waals surface area contributed by atoms with Gasteiger partial charge in [0, 0.05) is 22.3 Å². The second-order valence-electron chi connectivity index (χ2n) is 4.81. The number of rotatable bonds is 4. The van der Waals surface area contributed by atoms with Crippen molar-refractivity contribution in [2.24, 2.45) is 0 Å². The molecule has 0 aliphatic rings. The van der Waals surface area contributed by atoms with Crippen LogP contribution in [0.15, 0.2) is 51.6 Å². The molecule has 0 spiro atoms. The number of aryl methyl sites for hydroxylation is 1. The van der Waals surface area contributed by atoms with Crippen molar-refractivity contribution in [3.05, 3.63) is 58.3 Å². The first-order valence-electron chi connectivity index (χ1n) is 6.87. The molecule has 112 valence electrons. The smallest absolute Gasteiger partial charge is 0.274 e. The maximum Gasteiger partial charge on any atom is 0.274 e. The van der Waals surface area contributed by atoms with E-state index in [2.05, 4.69) is 50.4 Å². The van der Waals surface area contributed by atoms with E-state index in [-0.39, 0.29) is 5.91 Å². The van der Waals surface area contributed by atoms with Gasteiger partial charge in [0.05, 0.1) is 0 Å². The number of hydrogen-bond donors (Lipinski definition) is 2. The van der Waals surface area contributed by atoms with Gasteiger partial charge in [0.15, 0.2) is 0 Å². The SMILES string of the molecule is CCc1ccc(-c2cc(NC(=O)c3cc(Br)c[nH]3)on2)cc1. The normalized spacial score (nSPS) is 10.6. The van der Waals surface area contributed by atoms with Crippen LogP contribution >= 0.6 is 15.9 Å². The Morgan fingerprint density at radius 2 is 2.09 bits per heavy atom. The maximum atomic E-state index is 12.0. The van der Waals surface area contributed by atoms with Crippen molar-refractivity contribution in [3.8, 4) is 11.3 Å². The lowest BCUT2D eigenvalue weighted by Gasteiger charge is -1.98. The summed E-state index contributed by atoms with van der Waals surface area (Å²) in [4.78, 5) is 14.9. The molecule has 2 aromatic heterocycles. The number of anilines is 1. The summed E-state index contributed by atoms with van der Waals surface area (Å²) in [7, 11) is 0. The monoisotopic (exact) mass is 359 g/mol. The van der Waals surface area contributed by atoms with E-state index in [0.29, 0.717) is 17.3 Å². The number of carbonyl (C=O) groups excluding carboxylic acids is 1. The summed E-state index contributed by atoms with van der Waals surface area (Å²) >= 11 is 3.29. The van der Waals surface area contributed by atoms with Crippen LogP contribution in [0.1, 0.15) is 23.0 Å². The van der Waals surface area contributed by atoms with Crippen LogP contribution in [0.5, 0.6) is 0 Å². The van der Waals surface area contributed by atoms with E-state index in [1.807, 2.05) is 12.1 Å². The van der Waals surface area contributed by atoms with Crippen LogP contribution in [-0.4, -0.2) is 16.0 Å². The van der Waals surface area contributed by atoms with Crippen molar-refractivity contribution in [3.63, 3.8) is 0 Å². The second-order valence-corrected chi connectivity index (χ2v) is 5.73. The number of halogens is 1. The highest BCUT2D eigenvalue weighted by Crippen LogP contribution is 2.22. The molecule has 3 rings (SSSR count). The molecule has 0 aliphatic carbocycles. The topological polar surface area (TPSA) is 70.9 Å². The molecule has 2 N–H and O–H groups in total. The minimum Gasteiger partial charge on any atom is -0.356 e. The van der Waals surface area contributed by atoms with E-state index in [0.717, 1.165) is 16.5 Å². The summed E-state index contributed by atoms with van der Waals surface area (Å²) in [5, 5.41) is 6.65. The van der Waals surface area contributed by atoms with Crippen molar-refractivity contribution in [1.82, 2.24) is 10.1 Å². The fourth-order valence-corrected chi connectivity index (χ4v) is 2.40. The molecule has 0 aliphatic heterocycles. The molecule has 0 saturated carbocycles. The van der Waals surface area contributed by atoms with Crippen molar-refractivity contribution in [2.75, 3.05) is 5.32 Å². The number of benzene rings is 1. The van der Waals surface area contributed by atoms with Crippen molar-refractivity contribution < 1.29 is 9.32 Å². The molecule has 0 unspecified atom stereocenters. The van der Waals surface area contributed by atoms with Gasteiger partial charge in [-0.15, -0.1) is 0 Å².